The van der Waals surface area contributed by atoms with E-state index in [1.54, 1.807) is 18.7 Å². The van der Waals surface area contributed by atoms with Crippen LogP contribution in [0.15, 0.2) is 52.2 Å². The second-order valence-electron chi connectivity index (χ2n) is 2.80. The topological polar surface area (TPSA) is 38.4 Å². The van der Waals surface area contributed by atoms with E-state index in [-0.39, 0.29) is 0 Å². The molecule has 0 N–H and O–H groups in total. The highest BCUT2D eigenvalue weighted by molar-refractivity contribution is 5.76. The van der Waals surface area contributed by atoms with E-state index in [1.807, 2.05) is 30.3 Å². The van der Waals surface area contributed by atoms with Crippen molar-refractivity contribution in [2.45, 2.75) is 6.54 Å². The zero-order valence-corrected chi connectivity index (χ0v) is 7.63. The van der Waals surface area contributed by atoms with Crippen LogP contribution in [-0.4, -0.2) is 11.2 Å². The van der Waals surface area contributed by atoms with Crippen LogP contribution in [-0.2, 0) is 6.54 Å². The molecule has 0 saturated heterocycles. The summed E-state index contributed by atoms with van der Waals surface area (Å²) in [6.07, 6.45) is 5.13. The number of hydrogen-bond donors (Lipinski definition) is 0. The Bertz CT molecular complexity index is 392. The minimum atomic E-state index is 0.559. The Hall–Kier alpha value is -1.90. The standard InChI is InChI=1S/C11H10N2O/c1-2-6-13-10(4-1)8-12-9-11-5-3-7-14-11/h1-8H,9H2. The van der Waals surface area contributed by atoms with E-state index in [0.29, 0.717) is 6.54 Å². The van der Waals surface area contributed by atoms with Gasteiger partial charge in [-0.2, -0.15) is 0 Å². The number of aliphatic imine (C=N–C) groups is 1. The highest BCUT2D eigenvalue weighted by Gasteiger charge is 1.91. The molecule has 14 heavy (non-hydrogen) atoms. The van der Waals surface area contributed by atoms with Gasteiger partial charge < -0.3 is 4.42 Å². The molecule has 3 nitrogen and oxygen atoms in total. The second kappa shape index (κ2) is 4.37. The number of nitrogens with zero attached hydrogens (tertiary/aromatic N) is 2. The van der Waals surface area contributed by atoms with E-state index in [1.165, 1.54) is 0 Å². The third kappa shape index (κ3) is 2.29. The first kappa shape index (κ1) is 8.69. The summed E-state index contributed by atoms with van der Waals surface area (Å²) in [7, 11) is 0. The average Bonchev–Trinajstić information content (AvgIpc) is 2.72. The molecule has 0 aliphatic heterocycles. The van der Waals surface area contributed by atoms with Crippen molar-refractivity contribution in [2.75, 3.05) is 0 Å². The molecule has 0 aliphatic carbocycles. The van der Waals surface area contributed by atoms with Crippen LogP contribution in [0.25, 0.3) is 0 Å². The molecule has 0 atom stereocenters. The molecule has 0 aromatic carbocycles. The lowest BCUT2D eigenvalue weighted by Crippen LogP contribution is -1.85. The largest absolute Gasteiger partial charge is 0.467 e. The van der Waals surface area contributed by atoms with Crippen molar-refractivity contribution < 1.29 is 4.42 Å². The first-order valence-electron chi connectivity index (χ1n) is 4.38. The van der Waals surface area contributed by atoms with Gasteiger partial charge in [0, 0.05) is 12.4 Å². The van der Waals surface area contributed by atoms with Gasteiger partial charge in [0.25, 0.3) is 0 Å². The zero-order chi connectivity index (χ0) is 9.64. The van der Waals surface area contributed by atoms with Crippen LogP contribution in [0.4, 0.5) is 0 Å². The fraction of sp³-hybridized carbons (Fsp3) is 0.0909. The summed E-state index contributed by atoms with van der Waals surface area (Å²) in [6, 6.07) is 9.47. The first-order valence-corrected chi connectivity index (χ1v) is 4.38. The summed E-state index contributed by atoms with van der Waals surface area (Å²) in [5, 5.41) is 0. The molecule has 2 aromatic rings. The quantitative estimate of drug-likeness (QED) is 0.690. The fourth-order valence-corrected chi connectivity index (χ4v) is 1.08. The van der Waals surface area contributed by atoms with Crippen molar-refractivity contribution in [1.82, 2.24) is 4.98 Å². The molecule has 0 aliphatic rings. The fourth-order valence-electron chi connectivity index (χ4n) is 1.08. The van der Waals surface area contributed by atoms with E-state index in [2.05, 4.69) is 9.98 Å². The predicted octanol–water partition coefficient (Wildman–Crippen LogP) is 2.29. The summed E-state index contributed by atoms with van der Waals surface area (Å²) in [4.78, 5) is 8.32. The van der Waals surface area contributed by atoms with Crippen LogP contribution in [0.2, 0.25) is 0 Å². The highest BCUT2D eigenvalue weighted by atomic mass is 16.3. The van der Waals surface area contributed by atoms with Crippen LogP contribution in [0.3, 0.4) is 0 Å². The third-order valence-electron chi connectivity index (χ3n) is 1.74. The van der Waals surface area contributed by atoms with Crippen molar-refractivity contribution in [3.8, 4) is 0 Å². The molecule has 0 spiro atoms. The summed E-state index contributed by atoms with van der Waals surface area (Å²) in [5.41, 5.74) is 0.860. The maximum Gasteiger partial charge on any atom is 0.125 e. The molecule has 2 heterocycles. The molecular formula is C11H10N2O. The van der Waals surface area contributed by atoms with Gasteiger partial charge in [0.1, 0.15) is 5.76 Å². The molecule has 70 valence electrons. The smallest absolute Gasteiger partial charge is 0.125 e. The summed E-state index contributed by atoms with van der Waals surface area (Å²) >= 11 is 0. The van der Waals surface area contributed by atoms with Gasteiger partial charge >= 0.3 is 0 Å². The van der Waals surface area contributed by atoms with Crippen LogP contribution in [0.1, 0.15) is 11.5 Å². The van der Waals surface area contributed by atoms with Crippen molar-refractivity contribution in [3.63, 3.8) is 0 Å². The lowest BCUT2D eigenvalue weighted by atomic mass is 10.4. The Morgan fingerprint density at radius 3 is 3.00 bits per heavy atom. The van der Waals surface area contributed by atoms with E-state index in [4.69, 9.17) is 4.42 Å². The summed E-state index contributed by atoms with van der Waals surface area (Å²) < 4.78 is 5.14. The minimum Gasteiger partial charge on any atom is -0.467 e. The molecule has 0 bridgehead atoms. The maximum absolute atomic E-state index is 5.14. The average molecular weight is 186 g/mol. The Labute approximate surface area is 82.1 Å². The Balaban J connectivity index is 1.96. The minimum absolute atomic E-state index is 0.559. The van der Waals surface area contributed by atoms with Crippen molar-refractivity contribution >= 4 is 6.21 Å². The van der Waals surface area contributed by atoms with Crippen LogP contribution in [0, 0.1) is 0 Å². The Morgan fingerprint density at radius 1 is 1.29 bits per heavy atom. The van der Waals surface area contributed by atoms with E-state index in [0.717, 1.165) is 11.5 Å². The zero-order valence-electron chi connectivity index (χ0n) is 7.63. The van der Waals surface area contributed by atoms with Crippen molar-refractivity contribution in [2.24, 2.45) is 4.99 Å². The van der Waals surface area contributed by atoms with Crippen molar-refractivity contribution in [1.29, 1.82) is 0 Å². The first-order chi connectivity index (χ1) is 6.95. The third-order valence-corrected chi connectivity index (χ3v) is 1.74. The SMILES string of the molecule is C(=NCc1ccco1)c1ccccn1. The molecule has 0 amide bonds. The van der Waals surface area contributed by atoms with E-state index in [9.17, 15) is 0 Å². The van der Waals surface area contributed by atoms with Gasteiger partial charge in [-0.3, -0.25) is 9.98 Å². The molecule has 2 aromatic heterocycles. The normalized spacial score (nSPS) is 10.9. The number of furan rings is 1. The lowest BCUT2D eigenvalue weighted by Gasteiger charge is -1.90. The molecule has 3 heteroatoms. The van der Waals surface area contributed by atoms with E-state index >= 15 is 0 Å². The number of hydrogen-bond acceptors (Lipinski definition) is 3. The van der Waals surface area contributed by atoms with Crippen LogP contribution >= 0.6 is 0 Å². The number of pyridine rings is 1. The van der Waals surface area contributed by atoms with Gasteiger partial charge in [0.05, 0.1) is 18.5 Å². The Kier molecular flexibility index (Phi) is 2.71. The molecular weight excluding hydrogens is 176 g/mol. The Morgan fingerprint density at radius 2 is 2.29 bits per heavy atom. The van der Waals surface area contributed by atoms with Gasteiger partial charge in [-0.25, -0.2) is 0 Å². The van der Waals surface area contributed by atoms with Crippen LogP contribution < -0.4 is 0 Å². The second-order valence-corrected chi connectivity index (χ2v) is 2.80. The number of aromatic nitrogens is 1. The van der Waals surface area contributed by atoms with Gasteiger partial charge in [-0.15, -0.1) is 0 Å². The molecule has 0 saturated carbocycles. The van der Waals surface area contributed by atoms with Crippen molar-refractivity contribution in [3.05, 3.63) is 54.2 Å². The van der Waals surface area contributed by atoms with Gasteiger partial charge in [-0.05, 0) is 24.3 Å². The van der Waals surface area contributed by atoms with Gasteiger partial charge in [0.15, 0.2) is 0 Å². The number of rotatable bonds is 3. The van der Waals surface area contributed by atoms with Crippen LogP contribution in [0.5, 0.6) is 0 Å². The highest BCUT2D eigenvalue weighted by Crippen LogP contribution is 2.01. The summed E-state index contributed by atoms with van der Waals surface area (Å²) in [5.74, 6) is 0.859. The molecule has 0 fully saturated rings. The molecule has 0 radical (unpaired) electrons. The monoisotopic (exact) mass is 186 g/mol. The predicted molar refractivity (Wildman–Crippen MR) is 54.2 cm³/mol. The van der Waals surface area contributed by atoms with Gasteiger partial charge in [0.2, 0.25) is 0 Å². The molecule has 2 rings (SSSR count). The molecule has 0 unspecified atom stereocenters. The van der Waals surface area contributed by atoms with E-state index < -0.39 is 0 Å². The maximum atomic E-state index is 5.14. The van der Waals surface area contributed by atoms with Gasteiger partial charge in [-0.1, -0.05) is 6.07 Å². The lowest BCUT2D eigenvalue weighted by molar-refractivity contribution is 0.513. The summed E-state index contributed by atoms with van der Waals surface area (Å²) in [6.45, 7) is 0.559.